The van der Waals surface area contributed by atoms with Gasteiger partial charge < -0.3 is 15.8 Å². The van der Waals surface area contributed by atoms with Gasteiger partial charge in [-0.15, -0.1) is 0 Å². The fourth-order valence-electron chi connectivity index (χ4n) is 2.63. The van der Waals surface area contributed by atoms with Crippen LogP contribution in [0.4, 0.5) is 0 Å². The Hall–Kier alpha value is -1.71. The summed E-state index contributed by atoms with van der Waals surface area (Å²) in [5.74, 6) is 0.181. The minimum Gasteiger partial charge on any atom is -0.408 e. The van der Waals surface area contributed by atoms with Crippen molar-refractivity contribution in [2.75, 3.05) is 6.54 Å². The molecule has 1 aliphatic heterocycles. The predicted octanol–water partition coefficient (Wildman–Crippen LogP) is 2.04. The zero-order valence-electron chi connectivity index (χ0n) is 10.5. The molecule has 4 heteroatoms. The minimum absolute atomic E-state index is 0.00157. The number of fused-ring (bicyclic) bond motifs is 1. The van der Waals surface area contributed by atoms with Crippen molar-refractivity contribution in [2.24, 2.45) is 10.9 Å². The van der Waals surface area contributed by atoms with E-state index in [1.807, 2.05) is 11.0 Å². The maximum Gasteiger partial charge on any atom is 0.233 e. The first kappa shape index (κ1) is 11.8. The molecule has 0 saturated heterocycles. The lowest BCUT2D eigenvalue weighted by atomic mass is 9.76. The van der Waals surface area contributed by atoms with Gasteiger partial charge in [-0.05, 0) is 18.1 Å². The molecule has 4 nitrogen and oxygen atoms in total. The Kier molecular flexibility index (Phi) is 2.73. The van der Waals surface area contributed by atoms with Gasteiger partial charge in [0.2, 0.25) is 5.96 Å². The SMILES string of the molecule is C[C@H]1c2ccccc2C(C)(C)CN1C(N)=NO. The van der Waals surface area contributed by atoms with Crippen LogP contribution in [0, 0.1) is 0 Å². The molecule has 1 heterocycles. The van der Waals surface area contributed by atoms with E-state index < -0.39 is 0 Å². The average Bonchev–Trinajstić information content (AvgIpc) is 2.33. The topological polar surface area (TPSA) is 61.8 Å². The van der Waals surface area contributed by atoms with Gasteiger partial charge in [0.15, 0.2) is 0 Å². The Bertz CT molecular complexity index is 454. The summed E-state index contributed by atoms with van der Waals surface area (Å²) in [7, 11) is 0. The number of oxime groups is 1. The van der Waals surface area contributed by atoms with Crippen molar-refractivity contribution >= 4 is 5.96 Å². The highest BCUT2D eigenvalue weighted by atomic mass is 16.4. The van der Waals surface area contributed by atoms with Gasteiger partial charge in [0, 0.05) is 12.0 Å². The number of rotatable bonds is 0. The van der Waals surface area contributed by atoms with Crippen molar-refractivity contribution in [1.82, 2.24) is 4.90 Å². The molecule has 1 aromatic carbocycles. The van der Waals surface area contributed by atoms with E-state index in [9.17, 15) is 0 Å². The standard InChI is InChI=1S/C13H19N3O/c1-9-10-6-4-5-7-11(10)13(2,3)8-16(9)12(14)15-17/h4-7,9,17H,8H2,1-3H3,(H2,14,15)/t9-/m0/s1. The predicted molar refractivity (Wildman–Crippen MR) is 68.0 cm³/mol. The molecule has 1 aliphatic rings. The van der Waals surface area contributed by atoms with Crippen LogP contribution in [-0.2, 0) is 5.41 Å². The third-order valence-electron chi connectivity index (χ3n) is 3.57. The quantitative estimate of drug-likeness (QED) is 0.312. The van der Waals surface area contributed by atoms with Crippen molar-refractivity contribution in [3.05, 3.63) is 35.4 Å². The second-order valence-corrected chi connectivity index (χ2v) is 5.23. The van der Waals surface area contributed by atoms with Crippen LogP contribution < -0.4 is 5.73 Å². The Morgan fingerprint density at radius 1 is 1.47 bits per heavy atom. The van der Waals surface area contributed by atoms with Crippen molar-refractivity contribution in [1.29, 1.82) is 0 Å². The zero-order chi connectivity index (χ0) is 12.6. The van der Waals surface area contributed by atoms with Gasteiger partial charge in [0.25, 0.3) is 0 Å². The molecule has 1 aromatic rings. The van der Waals surface area contributed by atoms with Gasteiger partial charge in [0.05, 0.1) is 6.04 Å². The second kappa shape index (κ2) is 3.95. The molecule has 0 fully saturated rings. The maximum atomic E-state index is 8.84. The average molecular weight is 233 g/mol. The highest BCUT2D eigenvalue weighted by Gasteiger charge is 2.36. The van der Waals surface area contributed by atoms with Crippen molar-refractivity contribution in [3.8, 4) is 0 Å². The van der Waals surface area contributed by atoms with Gasteiger partial charge >= 0.3 is 0 Å². The number of nitrogens with zero attached hydrogens (tertiary/aromatic N) is 2. The molecule has 17 heavy (non-hydrogen) atoms. The van der Waals surface area contributed by atoms with Gasteiger partial charge in [-0.25, -0.2) is 0 Å². The molecule has 0 spiro atoms. The lowest BCUT2D eigenvalue weighted by Gasteiger charge is -2.44. The number of guanidine groups is 1. The van der Waals surface area contributed by atoms with Crippen LogP contribution in [0.3, 0.4) is 0 Å². The summed E-state index contributed by atoms with van der Waals surface area (Å²) in [6.45, 7) is 7.18. The maximum absolute atomic E-state index is 8.84. The molecule has 0 aliphatic carbocycles. The van der Waals surface area contributed by atoms with E-state index in [1.165, 1.54) is 11.1 Å². The molecule has 3 N–H and O–H groups in total. The Morgan fingerprint density at radius 2 is 2.12 bits per heavy atom. The zero-order valence-corrected chi connectivity index (χ0v) is 10.5. The monoisotopic (exact) mass is 233 g/mol. The van der Waals surface area contributed by atoms with E-state index in [-0.39, 0.29) is 17.4 Å². The lowest BCUT2D eigenvalue weighted by molar-refractivity contribution is 0.224. The number of hydrogen-bond donors (Lipinski definition) is 2. The van der Waals surface area contributed by atoms with Gasteiger partial charge in [0.1, 0.15) is 0 Å². The highest BCUT2D eigenvalue weighted by molar-refractivity contribution is 5.78. The molecule has 0 radical (unpaired) electrons. The lowest BCUT2D eigenvalue weighted by Crippen LogP contribution is -2.49. The summed E-state index contributed by atoms with van der Waals surface area (Å²) in [4.78, 5) is 1.93. The van der Waals surface area contributed by atoms with Crippen LogP contribution in [0.2, 0.25) is 0 Å². The Balaban J connectivity index is 2.51. The number of hydrogen-bond acceptors (Lipinski definition) is 2. The summed E-state index contributed by atoms with van der Waals surface area (Å²) in [6.07, 6.45) is 0. The molecule has 92 valence electrons. The molecule has 2 rings (SSSR count). The van der Waals surface area contributed by atoms with E-state index in [1.54, 1.807) is 0 Å². The summed E-state index contributed by atoms with van der Waals surface area (Å²) in [5.41, 5.74) is 8.33. The summed E-state index contributed by atoms with van der Waals surface area (Å²) >= 11 is 0. The van der Waals surface area contributed by atoms with Gasteiger partial charge in [-0.3, -0.25) is 0 Å². The second-order valence-electron chi connectivity index (χ2n) is 5.23. The summed E-state index contributed by atoms with van der Waals surface area (Å²) < 4.78 is 0. The van der Waals surface area contributed by atoms with Crippen LogP contribution in [0.15, 0.2) is 29.4 Å². The number of nitrogens with two attached hydrogens (primary N) is 1. The molecular weight excluding hydrogens is 214 g/mol. The third kappa shape index (κ3) is 1.84. The first-order valence-corrected chi connectivity index (χ1v) is 5.81. The molecule has 0 amide bonds. The number of benzene rings is 1. The van der Waals surface area contributed by atoms with Crippen LogP contribution >= 0.6 is 0 Å². The third-order valence-corrected chi connectivity index (χ3v) is 3.57. The Morgan fingerprint density at radius 3 is 2.76 bits per heavy atom. The van der Waals surface area contributed by atoms with E-state index in [0.29, 0.717) is 0 Å². The Labute approximate surface area is 102 Å². The normalized spacial score (nSPS) is 23.4. The van der Waals surface area contributed by atoms with Crippen LogP contribution in [0.25, 0.3) is 0 Å². The fraction of sp³-hybridized carbons (Fsp3) is 0.462. The largest absolute Gasteiger partial charge is 0.408 e. The highest BCUT2D eigenvalue weighted by Crippen LogP contribution is 2.38. The van der Waals surface area contributed by atoms with Crippen molar-refractivity contribution in [3.63, 3.8) is 0 Å². The summed E-state index contributed by atoms with van der Waals surface area (Å²) in [6, 6.07) is 8.50. The van der Waals surface area contributed by atoms with Gasteiger partial charge in [-0.1, -0.05) is 43.3 Å². The van der Waals surface area contributed by atoms with Crippen LogP contribution in [0.5, 0.6) is 0 Å². The minimum atomic E-state index is -0.00157. The van der Waals surface area contributed by atoms with E-state index >= 15 is 0 Å². The van der Waals surface area contributed by atoms with E-state index in [4.69, 9.17) is 10.9 Å². The van der Waals surface area contributed by atoms with E-state index in [0.717, 1.165) is 6.54 Å². The first-order chi connectivity index (χ1) is 7.97. The molecule has 0 unspecified atom stereocenters. The van der Waals surface area contributed by atoms with Crippen LogP contribution in [0.1, 0.15) is 37.9 Å². The van der Waals surface area contributed by atoms with Crippen molar-refractivity contribution in [2.45, 2.75) is 32.2 Å². The smallest absolute Gasteiger partial charge is 0.233 e. The van der Waals surface area contributed by atoms with E-state index in [2.05, 4.69) is 44.1 Å². The summed E-state index contributed by atoms with van der Waals surface area (Å²) in [5, 5.41) is 12.0. The van der Waals surface area contributed by atoms with Gasteiger partial charge in [-0.2, -0.15) is 0 Å². The molecular formula is C13H19N3O. The molecule has 0 bridgehead atoms. The first-order valence-electron chi connectivity index (χ1n) is 5.81. The molecule has 1 atom stereocenters. The van der Waals surface area contributed by atoms with Crippen molar-refractivity contribution < 1.29 is 5.21 Å². The fourth-order valence-corrected chi connectivity index (χ4v) is 2.63. The van der Waals surface area contributed by atoms with Crippen LogP contribution in [-0.4, -0.2) is 22.6 Å². The molecule has 0 saturated carbocycles. The molecule has 0 aromatic heterocycles.